The lowest BCUT2D eigenvalue weighted by molar-refractivity contribution is 0.625. The summed E-state index contributed by atoms with van der Waals surface area (Å²) < 4.78 is 0. The van der Waals surface area contributed by atoms with Gasteiger partial charge in [0.15, 0.2) is 0 Å². The predicted octanol–water partition coefficient (Wildman–Crippen LogP) is 3.54. The van der Waals surface area contributed by atoms with Crippen molar-refractivity contribution < 1.29 is 0 Å². The zero-order valence-electron chi connectivity index (χ0n) is 10.4. The molecule has 0 radical (unpaired) electrons. The lowest BCUT2D eigenvalue weighted by Crippen LogP contribution is -2.13. The van der Waals surface area contributed by atoms with Crippen molar-refractivity contribution >= 4 is 0 Å². The molecule has 2 aliphatic rings. The number of hydrogen-bond acceptors (Lipinski definition) is 1. The SMILES string of the molecule is NC1CC/C(=C/C2CCCc3ccccc32)C1. The third-order valence-electron chi connectivity index (χ3n) is 4.21. The summed E-state index contributed by atoms with van der Waals surface area (Å²) in [6.45, 7) is 0. The van der Waals surface area contributed by atoms with Crippen molar-refractivity contribution in [1.82, 2.24) is 0 Å². The zero-order chi connectivity index (χ0) is 11.7. The molecule has 17 heavy (non-hydrogen) atoms. The maximum Gasteiger partial charge on any atom is 0.00791 e. The van der Waals surface area contributed by atoms with Gasteiger partial charge >= 0.3 is 0 Å². The second kappa shape index (κ2) is 4.66. The van der Waals surface area contributed by atoms with Crippen LogP contribution in [0.1, 0.15) is 49.1 Å². The van der Waals surface area contributed by atoms with E-state index in [9.17, 15) is 0 Å². The first kappa shape index (κ1) is 11.0. The Hall–Kier alpha value is -1.08. The normalized spacial score (nSPS) is 30.5. The van der Waals surface area contributed by atoms with Crippen LogP contribution in [-0.2, 0) is 6.42 Å². The number of rotatable bonds is 1. The first-order valence-electron chi connectivity index (χ1n) is 6.86. The molecule has 1 aromatic rings. The van der Waals surface area contributed by atoms with Crippen molar-refractivity contribution in [1.29, 1.82) is 0 Å². The molecule has 0 saturated heterocycles. The van der Waals surface area contributed by atoms with Crippen LogP contribution in [0.5, 0.6) is 0 Å². The smallest absolute Gasteiger partial charge is 0.00791 e. The van der Waals surface area contributed by atoms with Crippen LogP contribution in [0.3, 0.4) is 0 Å². The second-order valence-electron chi connectivity index (χ2n) is 5.53. The minimum atomic E-state index is 0.417. The molecule has 2 atom stereocenters. The Bertz CT molecular complexity index is 433. The van der Waals surface area contributed by atoms with Gasteiger partial charge in [0.2, 0.25) is 0 Å². The fourth-order valence-electron chi connectivity index (χ4n) is 3.31. The first-order valence-corrected chi connectivity index (χ1v) is 6.86. The largest absolute Gasteiger partial charge is 0.327 e. The van der Waals surface area contributed by atoms with Gasteiger partial charge in [-0.1, -0.05) is 35.9 Å². The molecule has 1 fully saturated rings. The van der Waals surface area contributed by atoms with E-state index in [1.165, 1.54) is 32.1 Å². The number of nitrogens with two attached hydrogens (primary N) is 1. The minimum Gasteiger partial charge on any atom is -0.327 e. The molecule has 1 saturated carbocycles. The number of allylic oxidation sites excluding steroid dienone is 1. The Balaban J connectivity index is 1.86. The van der Waals surface area contributed by atoms with E-state index >= 15 is 0 Å². The number of fused-ring (bicyclic) bond motifs is 1. The van der Waals surface area contributed by atoms with Crippen LogP contribution in [0.2, 0.25) is 0 Å². The van der Waals surface area contributed by atoms with Gasteiger partial charge in [-0.25, -0.2) is 0 Å². The summed E-state index contributed by atoms with van der Waals surface area (Å²) in [6, 6.07) is 9.36. The monoisotopic (exact) mass is 227 g/mol. The molecule has 0 bridgehead atoms. The Labute approximate surface area is 104 Å². The molecule has 1 heteroatoms. The van der Waals surface area contributed by atoms with Crippen molar-refractivity contribution in [2.75, 3.05) is 0 Å². The standard InChI is InChI=1S/C16H21N/c17-15-9-8-12(11-15)10-14-6-3-5-13-4-1-2-7-16(13)14/h1-2,4,7,10,14-15H,3,5-6,8-9,11,17H2/b12-10-. The van der Waals surface area contributed by atoms with Crippen LogP contribution < -0.4 is 5.73 Å². The van der Waals surface area contributed by atoms with Gasteiger partial charge < -0.3 is 5.73 Å². The van der Waals surface area contributed by atoms with E-state index in [1.807, 2.05) is 0 Å². The second-order valence-corrected chi connectivity index (χ2v) is 5.53. The quantitative estimate of drug-likeness (QED) is 0.730. The van der Waals surface area contributed by atoms with E-state index in [-0.39, 0.29) is 0 Å². The lowest BCUT2D eigenvalue weighted by atomic mass is 9.82. The average molecular weight is 227 g/mol. The third kappa shape index (κ3) is 2.30. The maximum atomic E-state index is 5.98. The van der Waals surface area contributed by atoms with E-state index in [1.54, 1.807) is 16.7 Å². The summed E-state index contributed by atoms with van der Waals surface area (Å²) in [5.74, 6) is 0.653. The topological polar surface area (TPSA) is 26.0 Å². The van der Waals surface area contributed by atoms with E-state index in [4.69, 9.17) is 5.73 Å². The highest BCUT2D eigenvalue weighted by Gasteiger charge is 2.21. The van der Waals surface area contributed by atoms with Gasteiger partial charge in [0, 0.05) is 12.0 Å². The van der Waals surface area contributed by atoms with Gasteiger partial charge in [-0.2, -0.15) is 0 Å². The Morgan fingerprint density at radius 1 is 1.12 bits per heavy atom. The summed E-state index contributed by atoms with van der Waals surface area (Å²) in [4.78, 5) is 0. The van der Waals surface area contributed by atoms with Crippen LogP contribution in [0.25, 0.3) is 0 Å². The fourth-order valence-corrected chi connectivity index (χ4v) is 3.31. The van der Waals surface area contributed by atoms with Gasteiger partial charge in [0.05, 0.1) is 0 Å². The van der Waals surface area contributed by atoms with E-state index in [2.05, 4.69) is 30.3 Å². The Morgan fingerprint density at radius 2 is 2.00 bits per heavy atom. The van der Waals surface area contributed by atoms with Crippen molar-refractivity contribution in [2.45, 2.75) is 50.5 Å². The van der Waals surface area contributed by atoms with Crippen molar-refractivity contribution in [3.05, 3.63) is 47.0 Å². The van der Waals surface area contributed by atoms with Gasteiger partial charge in [0.25, 0.3) is 0 Å². The zero-order valence-corrected chi connectivity index (χ0v) is 10.4. The molecule has 2 unspecified atom stereocenters. The summed E-state index contributed by atoms with van der Waals surface area (Å²) in [5.41, 5.74) is 10.7. The molecule has 3 rings (SSSR count). The van der Waals surface area contributed by atoms with E-state index in [0.717, 1.165) is 6.42 Å². The van der Waals surface area contributed by atoms with Crippen LogP contribution in [0.4, 0.5) is 0 Å². The molecular weight excluding hydrogens is 206 g/mol. The maximum absolute atomic E-state index is 5.98. The van der Waals surface area contributed by atoms with Crippen molar-refractivity contribution in [2.24, 2.45) is 5.73 Å². The first-order chi connectivity index (χ1) is 8.33. The van der Waals surface area contributed by atoms with Crippen LogP contribution in [0, 0.1) is 0 Å². The molecule has 0 aliphatic heterocycles. The number of hydrogen-bond donors (Lipinski definition) is 1. The highest BCUT2D eigenvalue weighted by atomic mass is 14.6. The van der Waals surface area contributed by atoms with Crippen LogP contribution in [0.15, 0.2) is 35.9 Å². The molecule has 1 aromatic carbocycles. The molecule has 0 aromatic heterocycles. The van der Waals surface area contributed by atoms with Crippen molar-refractivity contribution in [3.8, 4) is 0 Å². The van der Waals surface area contributed by atoms with Gasteiger partial charge in [-0.05, 0) is 49.7 Å². The number of aryl methyl sites for hydroxylation is 1. The molecule has 2 N–H and O–H groups in total. The highest BCUT2D eigenvalue weighted by Crippen LogP contribution is 2.35. The van der Waals surface area contributed by atoms with Crippen LogP contribution in [-0.4, -0.2) is 6.04 Å². The Kier molecular flexibility index (Phi) is 3.02. The molecule has 0 spiro atoms. The lowest BCUT2D eigenvalue weighted by Gasteiger charge is -2.23. The molecule has 0 heterocycles. The Morgan fingerprint density at radius 3 is 2.82 bits per heavy atom. The van der Waals surface area contributed by atoms with E-state index < -0.39 is 0 Å². The molecule has 2 aliphatic carbocycles. The summed E-state index contributed by atoms with van der Waals surface area (Å²) >= 11 is 0. The van der Waals surface area contributed by atoms with Crippen molar-refractivity contribution in [3.63, 3.8) is 0 Å². The minimum absolute atomic E-state index is 0.417. The summed E-state index contributed by atoms with van der Waals surface area (Å²) in [6.07, 6.45) is 9.95. The summed E-state index contributed by atoms with van der Waals surface area (Å²) in [5, 5.41) is 0. The fraction of sp³-hybridized carbons (Fsp3) is 0.500. The molecule has 0 amide bonds. The summed E-state index contributed by atoms with van der Waals surface area (Å²) in [7, 11) is 0. The third-order valence-corrected chi connectivity index (χ3v) is 4.21. The van der Waals surface area contributed by atoms with Gasteiger partial charge in [-0.3, -0.25) is 0 Å². The molecule has 90 valence electrons. The van der Waals surface area contributed by atoms with Crippen LogP contribution >= 0.6 is 0 Å². The highest BCUT2D eigenvalue weighted by molar-refractivity contribution is 5.36. The van der Waals surface area contributed by atoms with E-state index in [0.29, 0.717) is 12.0 Å². The molecule has 1 nitrogen and oxygen atoms in total. The molecular formula is C16H21N. The van der Waals surface area contributed by atoms with Gasteiger partial charge in [-0.15, -0.1) is 0 Å². The number of benzene rings is 1. The average Bonchev–Trinajstić information content (AvgIpc) is 2.75. The predicted molar refractivity (Wildman–Crippen MR) is 72.0 cm³/mol. The van der Waals surface area contributed by atoms with Gasteiger partial charge in [0.1, 0.15) is 0 Å².